The zero-order valence-corrected chi connectivity index (χ0v) is 12.4. The van der Waals surface area contributed by atoms with Crippen LogP contribution in [0.25, 0.3) is 0 Å². The molecule has 2 amide bonds. The fourth-order valence-electron chi connectivity index (χ4n) is 2.16. The van der Waals surface area contributed by atoms with Crippen molar-refractivity contribution in [2.75, 3.05) is 6.61 Å². The lowest BCUT2D eigenvalue weighted by molar-refractivity contribution is -0.155. The Morgan fingerprint density at radius 1 is 1.26 bits per heavy atom. The van der Waals surface area contributed by atoms with Crippen molar-refractivity contribution in [1.82, 2.24) is 10.6 Å². The number of alkyl halides is 3. The number of amides is 2. The molecule has 1 aromatic rings. The lowest BCUT2D eigenvalue weighted by atomic mass is 10.1. The summed E-state index contributed by atoms with van der Waals surface area (Å²) in [6.07, 6.45) is -3.96. The van der Waals surface area contributed by atoms with Crippen LogP contribution in [0.5, 0.6) is 0 Å². The van der Waals surface area contributed by atoms with Crippen molar-refractivity contribution < 1.29 is 27.5 Å². The van der Waals surface area contributed by atoms with E-state index in [0.717, 1.165) is 0 Å². The van der Waals surface area contributed by atoms with Gasteiger partial charge in [0.25, 0.3) is 0 Å². The normalized spacial score (nSPS) is 17.0. The number of rotatable bonds is 5. The Balaban J connectivity index is 2.06. The van der Waals surface area contributed by atoms with Gasteiger partial charge in [0.1, 0.15) is 5.54 Å². The smallest absolute Gasteiger partial charge is 0.412 e. The molecule has 0 unspecified atom stereocenters. The number of nitrogens with one attached hydrogen (secondary N) is 2. The summed E-state index contributed by atoms with van der Waals surface area (Å²) in [6.45, 7) is 1.75. The van der Waals surface area contributed by atoms with Crippen LogP contribution in [0.1, 0.15) is 31.4 Å². The van der Waals surface area contributed by atoms with Gasteiger partial charge < -0.3 is 15.4 Å². The average Bonchev–Trinajstić information content (AvgIpc) is 3.25. The molecule has 0 bridgehead atoms. The summed E-state index contributed by atoms with van der Waals surface area (Å²) in [5, 5.41) is 4.18. The van der Waals surface area contributed by atoms with Crippen molar-refractivity contribution in [3.8, 4) is 0 Å². The second kappa shape index (κ2) is 6.47. The molecule has 0 aromatic heterocycles. The Morgan fingerprint density at radius 3 is 2.35 bits per heavy atom. The van der Waals surface area contributed by atoms with E-state index < -0.39 is 29.8 Å². The summed E-state index contributed by atoms with van der Waals surface area (Å²) in [5.41, 5.74) is -1.29. The molecule has 2 N–H and O–H groups in total. The van der Waals surface area contributed by atoms with Crippen molar-refractivity contribution in [3.63, 3.8) is 0 Å². The Labute approximate surface area is 131 Å². The third-order valence-electron chi connectivity index (χ3n) is 3.50. The maximum absolute atomic E-state index is 13.2. The minimum Gasteiger partial charge on any atom is -0.464 e. The molecule has 23 heavy (non-hydrogen) atoms. The second-order valence-corrected chi connectivity index (χ2v) is 5.29. The molecule has 0 heterocycles. The van der Waals surface area contributed by atoms with Crippen LogP contribution in [-0.2, 0) is 9.53 Å². The van der Waals surface area contributed by atoms with Crippen LogP contribution in [0.2, 0.25) is 0 Å². The van der Waals surface area contributed by atoms with Gasteiger partial charge in [0.2, 0.25) is 0 Å². The fourth-order valence-corrected chi connectivity index (χ4v) is 2.16. The van der Waals surface area contributed by atoms with Gasteiger partial charge in [0, 0.05) is 0 Å². The number of carbonyl (C=O) groups excluding carboxylic acids is 2. The van der Waals surface area contributed by atoms with E-state index in [9.17, 15) is 22.8 Å². The highest BCUT2D eigenvalue weighted by atomic mass is 19.4. The van der Waals surface area contributed by atoms with Gasteiger partial charge in [-0.25, -0.2) is 9.59 Å². The summed E-state index contributed by atoms with van der Waals surface area (Å²) < 4.78 is 44.3. The number of hydrogen-bond donors (Lipinski definition) is 2. The molecular formula is C15H17F3N2O3. The number of halogens is 3. The van der Waals surface area contributed by atoms with Crippen LogP contribution in [0.3, 0.4) is 0 Å². The highest BCUT2D eigenvalue weighted by Gasteiger charge is 2.53. The monoisotopic (exact) mass is 330 g/mol. The summed E-state index contributed by atoms with van der Waals surface area (Å²) in [6, 6.07) is 3.83. The zero-order valence-electron chi connectivity index (χ0n) is 12.4. The van der Waals surface area contributed by atoms with Gasteiger partial charge in [-0.05, 0) is 25.3 Å². The summed E-state index contributed by atoms with van der Waals surface area (Å²) >= 11 is 0. The number of hydrogen-bond acceptors (Lipinski definition) is 3. The number of benzene rings is 1. The van der Waals surface area contributed by atoms with E-state index >= 15 is 0 Å². The lowest BCUT2D eigenvalue weighted by Crippen LogP contribution is -2.51. The maximum atomic E-state index is 13.2. The number of urea groups is 1. The molecule has 1 fully saturated rings. The standard InChI is InChI=1S/C15H17F3N2O3/c1-2-23-12(21)14(8-9-14)20-13(22)19-11(15(16,17)18)10-6-4-3-5-7-10/h3-7,11H,2,8-9H2,1H3,(H2,19,20,22)/t11-/m1/s1. The van der Waals surface area contributed by atoms with Gasteiger partial charge in [-0.15, -0.1) is 0 Å². The van der Waals surface area contributed by atoms with E-state index in [1.165, 1.54) is 24.3 Å². The molecule has 1 aliphatic rings. The first-order valence-corrected chi connectivity index (χ1v) is 7.16. The lowest BCUT2D eigenvalue weighted by Gasteiger charge is -2.24. The van der Waals surface area contributed by atoms with E-state index in [1.54, 1.807) is 13.0 Å². The molecule has 1 atom stereocenters. The molecule has 0 aliphatic heterocycles. The van der Waals surface area contributed by atoms with Crippen molar-refractivity contribution >= 4 is 12.0 Å². The first-order valence-electron chi connectivity index (χ1n) is 7.16. The van der Waals surface area contributed by atoms with Gasteiger partial charge in [0.05, 0.1) is 6.61 Å². The first-order chi connectivity index (χ1) is 10.8. The van der Waals surface area contributed by atoms with Crippen molar-refractivity contribution in [3.05, 3.63) is 35.9 Å². The van der Waals surface area contributed by atoms with Crippen LogP contribution in [0, 0.1) is 0 Å². The van der Waals surface area contributed by atoms with E-state index in [1.807, 2.05) is 5.32 Å². The van der Waals surface area contributed by atoms with Crippen LogP contribution >= 0.6 is 0 Å². The van der Waals surface area contributed by atoms with E-state index in [4.69, 9.17) is 4.74 Å². The molecule has 5 nitrogen and oxygen atoms in total. The number of ether oxygens (including phenoxy) is 1. The van der Waals surface area contributed by atoms with E-state index in [-0.39, 0.29) is 12.2 Å². The van der Waals surface area contributed by atoms with Gasteiger partial charge >= 0.3 is 18.2 Å². The Morgan fingerprint density at radius 2 is 1.87 bits per heavy atom. The van der Waals surface area contributed by atoms with E-state index in [0.29, 0.717) is 12.8 Å². The third-order valence-corrected chi connectivity index (χ3v) is 3.50. The Hall–Kier alpha value is -2.25. The topological polar surface area (TPSA) is 67.4 Å². The SMILES string of the molecule is CCOC(=O)C1(NC(=O)N[C@H](c2ccccc2)C(F)(F)F)CC1. The van der Waals surface area contributed by atoms with Gasteiger partial charge in [-0.2, -0.15) is 13.2 Å². The molecule has 1 aliphatic carbocycles. The summed E-state index contributed by atoms with van der Waals surface area (Å²) in [7, 11) is 0. The molecule has 126 valence electrons. The van der Waals surface area contributed by atoms with Gasteiger partial charge in [0.15, 0.2) is 6.04 Å². The quantitative estimate of drug-likeness (QED) is 0.816. The predicted molar refractivity (Wildman–Crippen MR) is 75.5 cm³/mol. The second-order valence-electron chi connectivity index (χ2n) is 5.29. The Bertz CT molecular complexity index is 571. The van der Waals surface area contributed by atoms with Crippen molar-refractivity contribution in [1.29, 1.82) is 0 Å². The zero-order chi connectivity index (χ0) is 17.1. The molecule has 0 saturated heterocycles. The summed E-state index contributed by atoms with van der Waals surface area (Å²) in [4.78, 5) is 23.6. The minimum atomic E-state index is -4.65. The Kier molecular flexibility index (Phi) is 4.82. The first kappa shape index (κ1) is 17.1. The van der Waals surface area contributed by atoms with Gasteiger partial charge in [-0.1, -0.05) is 30.3 Å². The van der Waals surface area contributed by atoms with Crippen LogP contribution in [0.4, 0.5) is 18.0 Å². The highest BCUT2D eigenvalue weighted by molar-refractivity contribution is 5.90. The van der Waals surface area contributed by atoms with Crippen molar-refractivity contribution in [2.24, 2.45) is 0 Å². The van der Waals surface area contributed by atoms with Crippen LogP contribution in [-0.4, -0.2) is 30.3 Å². The molecule has 0 spiro atoms. The van der Waals surface area contributed by atoms with Crippen LogP contribution < -0.4 is 10.6 Å². The maximum Gasteiger partial charge on any atom is 0.412 e. The number of esters is 1. The number of carbonyl (C=O) groups is 2. The third kappa shape index (κ3) is 4.14. The van der Waals surface area contributed by atoms with E-state index in [2.05, 4.69) is 5.32 Å². The van der Waals surface area contributed by atoms with Crippen molar-refractivity contribution in [2.45, 2.75) is 37.5 Å². The molecular weight excluding hydrogens is 313 g/mol. The van der Waals surface area contributed by atoms with Gasteiger partial charge in [-0.3, -0.25) is 0 Å². The average molecular weight is 330 g/mol. The largest absolute Gasteiger partial charge is 0.464 e. The minimum absolute atomic E-state index is 0.0869. The summed E-state index contributed by atoms with van der Waals surface area (Å²) in [5.74, 6) is -0.626. The molecule has 0 radical (unpaired) electrons. The van der Waals surface area contributed by atoms with Crippen LogP contribution in [0.15, 0.2) is 30.3 Å². The fraction of sp³-hybridized carbons (Fsp3) is 0.467. The molecule has 2 rings (SSSR count). The molecule has 1 saturated carbocycles. The predicted octanol–water partition coefficient (Wildman–Crippen LogP) is 2.68. The highest BCUT2D eigenvalue weighted by Crippen LogP contribution is 2.37. The molecule has 1 aromatic carbocycles. The molecule has 8 heteroatoms.